The SMILES string of the molecule is CC#CCN1c2c(n(-c3ccc(C)c(C)c3)c(=O)n(C)c2=O)N(OC(=O)C(F)(F)F)C1N1CCNCC1. The molecule has 0 spiro atoms. The van der Waals surface area contributed by atoms with Crippen molar-refractivity contribution >= 4 is 17.5 Å². The van der Waals surface area contributed by atoms with Crippen LogP contribution in [0, 0.1) is 25.7 Å². The number of rotatable bonds is 4. The Kier molecular flexibility index (Phi) is 7.07. The fourth-order valence-corrected chi connectivity index (χ4v) is 4.41. The number of fused-ring (bicyclic) bond motifs is 1. The van der Waals surface area contributed by atoms with Gasteiger partial charge < -0.3 is 15.1 Å². The van der Waals surface area contributed by atoms with Gasteiger partial charge in [-0.15, -0.1) is 11.0 Å². The second kappa shape index (κ2) is 9.95. The number of aryl methyl sites for hydroxylation is 2. The largest absolute Gasteiger partial charge is 0.493 e. The number of hydrogen-bond donors (Lipinski definition) is 1. The zero-order chi connectivity index (χ0) is 27.1. The van der Waals surface area contributed by atoms with Crippen LogP contribution in [0.4, 0.5) is 24.7 Å². The van der Waals surface area contributed by atoms with E-state index in [2.05, 4.69) is 17.2 Å². The smallest absolute Gasteiger partial charge is 0.327 e. The molecule has 0 amide bonds. The molecular formula is C24H27F3N6O4. The van der Waals surface area contributed by atoms with Gasteiger partial charge in [0.2, 0.25) is 0 Å². The van der Waals surface area contributed by atoms with Crippen molar-refractivity contribution in [3.63, 3.8) is 0 Å². The molecule has 2 aliphatic heterocycles. The van der Waals surface area contributed by atoms with Gasteiger partial charge in [-0.1, -0.05) is 12.0 Å². The molecule has 37 heavy (non-hydrogen) atoms. The average Bonchev–Trinajstić information content (AvgIpc) is 3.16. The van der Waals surface area contributed by atoms with Crippen molar-refractivity contribution in [2.24, 2.45) is 7.05 Å². The van der Waals surface area contributed by atoms with Gasteiger partial charge in [0.1, 0.15) is 0 Å². The van der Waals surface area contributed by atoms with Crippen LogP contribution < -0.4 is 26.5 Å². The number of benzene rings is 1. The highest BCUT2D eigenvalue weighted by Gasteiger charge is 2.51. The molecule has 0 saturated carbocycles. The van der Waals surface area contributed by atoms with Gasteiger partial charge in [0, 0.05) is 33.2 Å². The van der Waals surface area contributed by atoms with E-state index in [9.17, 15) is 27.6 Å². The number of hydrogen-bond acceptors (Lipinski definition) is 8. The maximum absolute atomic E-state index is 13.5. The van der Waals surface area contributed by atoms with Crippen LogP contribution >= 0.6 is 0 Å². The second-order valence-corrected chi connectivity index (χ2v) is 8.81. The van der Waals surface area contributed by atoms with Crippen LogP contribution in [0.25, 0.3) is 5.69 Å². The molecule has 1 fully saturated rings. The van der Waals surface area contributed by atoms with Crippen molar-refractivity contribution in [1.29, 1.82) is 0 Å². The van der Waals surface area contributed by atoms with Gasteiger partial charge in [0.15, 0.2) is 17.8 Å². The molecule has 1 saturated heterocycles. The highest BCUT2D eigenvalue weighted by atomic mass is 19.4. The Labute approximate surface area is 210 Å². The van der Waals surface area contributed by atoms with E-state index in [1.165, 1.54) is 11.9 Å². The lowest BCUT2D eigenvalue weighted by Crippen LogP contribution is -2.61. The summed E-state index contributed by atoms with van der Waals surface area (Å²) in [5.74, 6) is 2.84. The van der Waals surface area contributed by atoms with Crippen LogP contribution in [-0.4, -0.2) is 65.2 Å². The quantitative estimate of drug-likeness (QED) is 0.598. The maximum atomic E-state index is 13.5. The molecule has 0 radical (unpaired) electrons. The molecule has 2 aromatic rings. The number of carbonyl (C=O) groups is 1. The van der Waals surface area contributed by atoms with Crippen molar-refractivity contribution in [3.05, 3.63) is 50.2 Å². The number of aromatic nitrogens is 2. The number of piperazine rings is 1. The molecule has 3 heterocycles. The van der Waals surface area contributed by atoms with Gasteiger partial charge in [0.05, 0.1) is 12.2 Å². The van der Waals surface area contributed by atoms with Crippen LogP contribution in [-0.2, 0) is 16.7 Å². The number of nitrogens with zero attached hydrogens (tertiary/aromatic N) is 5. The predicted molar refractivity (Wildman–Crippen MR) is 130 cm³/mol. The monoisotopic (exact) mass is 520 g/mol. The Balaban J connectivity index is 2.05. The lowest BCUT2D eigenvalue weighted by Gasteiger charge is -2.40. The Morgan fingerprint density at radius 2 is 1.84 bits per heavy atom. The van der Waals surface area contributed by atoms with Crippen LogP contribution in [0.15, 0.2) is 27.8 Å². The molecule has 2 aliphatic rings. The summed E-state index contributed by atoms with van der Waals surface area (Å²) in [5.41, 5.74) is 0.400. The van der Waals surface area contributed by atoms with Crippen LogP contribution in [0.5, 0.6) is 0 Å². The van der Waals surface area contributed by atoms with Gasteiger partial charge in [-0.05, 0) is 44.0 Å². The molecule has 1 aromatic heterocycles. The molecule has 198 valence electrons. The van der Waals surface area contributed by atoms with Crippen molar-refractivity contribution in [1.82, 2.24) is 19.4 Å². The normalized spacial score (nSPS) is 17.9. The van der Waals surface area contributed by atoms with E-state index in [1.54, 1.807) is 30.0 Å². The summed E-state index contributed by atoms with van der Waals surface area (Å²) >= 11 is 0. The van der Waals surface area contributed by atoms with Gasteiger partial charge in [0.25, 0.3) is 5.56 Å². The minimum atomic E-state index is -5.31. The van der Waals surface area contributed by atoms with E-state index >= 15 is 0 Å². The summed E-state index contributed by atoms with van der Waals surface area (Å²) in [6, 6.07) is 5.05. The summed E-state index contributed by atoms with van der Waals surface area (Å²) in [6.07, 6.45) is -6.45. The van der Waals surface area contributed by atoms with Gasteiger partial charge >= 0.3 is 17.8 Å². The fourth-order valence-electron chi connectivity index (χ4n) is 4.41. The topological polar surface area (TPSA) is 92.0 Å². The molecule has 4 rings (SSSR count). The molecule has 1 unspecified atom stereocenters. The molecule has 0 bridgehead atoms. The van der Waals surface area contributed by atoms with E-state index in [-0.39, 0.29) is 18.1 Å². The van der Waals surface area contributed by atoms with E-state index in [0.717, 1.165) is 25.3 Å². The predicted octanol–water partition coefficient (Wildman–Crippen LogP) is 1.01. The van der Waals surface area contributed by atoms with Crippen LogP contribution in [0.1, 0.15) is 18.1 Å². The van der Waals surface area contributed by atoms with E-state index < -0.39 is 29.7 Å². The first kappa shape index (κ1) is 26.3. The molecule has 1 N–H and O–H groups in total. The van der Waals surface area contributed by atoms with Crippen molar-refractivity contribution in [2.45, 2.75) is 33.2 Å². The zero-order valence-corrected chi connectivity index (χ0v) is 20.8. The number of carbonyl (C=O) groups excluding carboxylic acids is 1. The first-order valence-electron chi connectivity index (χ1n) is 11.6. The van der Waals surface area contributed by atoms with Crippen LogP contribution in [0.3, 0.4) is 0 Å². The molecule has 1 aromatic carbocycles. The number of alkyl halides is 3. The maximum Gasteiger partial charge on any atom is 0.493 e. The second-order valence-electron chi connectivity index (χ2n) is 8.81. The van der Waals surface area contributed by atoms with E-state index in [4.69, 9.17) is 4.84 Å². The highest BCUT2D eigenvalue weighted by Crippen LogP contribution is 2.40. The zero-order valence-electron chi connectivity index (χ0n) is 20.8. The first-order chi connectivity index (χ1) is 17.5. The fraction of sp³-hybridized carbons (Fsp3) is 0.458. The first-order valence-corrected chi connectivity index (χ1v) is 11.6. The molecule has 10 nitrogen and oxygen atoms in total. The standard InChI is InChI=1S/C24H27F3N6O4/c1-5-6-11-31-18-19(32(23(36)29(4)20(18)34)17-8-7-15(2)16(3)14-17)33(37-21(35)24(25,26)27)22(31)30-12-9-28-10-13-30/h7-8,14,22,28H,9-13H2,1-4H3. The Morgan fingerprint density at radius 3 is 2.43 bits per heavy atom. The summed E-state index contributed by atoms with van der Waals surface area (Å²) in [4.78, 5) is 47.2. The number of anilines is 2. The summed E-state index contributed by atoms with van der Waals surface area (Å²) in [6.45, 7) is 7.01. The Hall–Kier alpha value is -3.76. The lowest BCUT2D eigenvalue weighted by molar-refractivity contribution is -0.203. The number of hydroxylamine groups is 1. The summed E-state index contributed by atoms with van der Waals surface area (Å²) in [5, 5.41) is 3.89. The molecule has 13 heteroatoms. The highest BCUT2D eigenvalue weighted by molar-refractivity contribution is 5.80. The summed E-state index contributed by atoms with van der Waals surface area (Å²) < 4.78 is 42.2. The minimum Gasteiger partial charge on any atom is -0.327 e. The Morgan fingerprint density at radius 1 is 1.16 bits per heavy atom. The third-order valence-electron chi connectivity index (χ3n) is 6.46. The van der Waals surface area contributed by atoms with Gasteiger partial charge in [-0.2, -0.15) is 13.2 Å². The minimum absolute atomic E-state index is 0.0570. The third-order valence-corrected chi connectivity index (χ3v) is 6.46. The lowest BCUT2D eigenvalue weighted by atomic mass is 10.1. The van der Waals surface area contributed by atoms with Crippen LogP contribution in [0.2, 0.25) is 0 Å². The van der Waals surface area contributed by atoms with Crippen molar-refractivity contribution in [2.75, 3.05) is 42.7 Å². The molecular weight excluding hydrogens is 493 g/mol. The Bertz CT molecular complexity index is 1400. The number of halogens is 3. The van der Waals surface area contributed by atoms with Gasteiger partial charge in [-0.3, -0.25) is 14.3 Å². The van der Waals surface area contributed by atoms with Crippen molar-refractivity contribution in [3.8, 4) is 17.5 Å². The average molecular weight is 521 g/mol. The molecule has 1 atom stereocenters. The van der Waals surface area contributed by atoms with Crippen molar-refractivity contribution < 1.29 is 22.8 Å². The van der Waals surface area contributed by atoms with E-state index in [1.807, 2.05) is 13.8 Å². The third kappa shape index (κ3) is 4.70. The summed E-state index contributed by atoms with van der Waals surface area (Å²) in [7, 11) is 1.29. The van der Waals surface area contributed by atoms with E-state index in [0.29, 0.717) is 31.9 Å². The van der Waals surface area contributed by atoms with Gasteiger partial charge in [-0.25, -0.2) is 14.2 Å². The number of nitrogens with one attached hydrogen (secondary N) is 1. The molecule has 0 aliphatic carbocycles.